The van der Waals surface area contributed by atoms with Crippen molar-refractivity contribution in [2.75, 3.05) is 0 Å². The molecule has 2 heteroatoms. The second-order valence-corrected chi connectivity index (χ2v) is 5.19. The molecule has 2 aromatic heterocycles. The van der Waals surface area contributed by atoms with E-state index in [0.717, 1.165) is 12.8 Å². The first kappa shape index (κ1) is 11.4. The van der Waals surface area contributed by atoms with Gasteiger partial charge in [-0.2, -0.15) is 0 Å². The van der Waals surface area contributed by atoms with Gasteiger partial charge < -0.3 is 0 Å². The number of fused-ring (bicyclic) bond motifs is 3. The Kier molecular flexibility index (Phi) is 2.59. The first-order valence-electron chi connectivity index (χ1n) is 6.85. The Hall–Kier alpha value is -2.48. The first-order valence-corrected chi connectivity index (χ1v) is 6.85. The molecule has 1 aliphatic carbocycles. The normalized spacial score (nSPS) is 12.0. The molecule has 0 saturated carbocycles. The number of rotatable bonds is 2. The van der Waals surface area contributed by atoms with Crippen LogP contribution in [0.15, 0.2) is 61.2 Å². The molecule has 20 heavy (non-hydrogen) atoms. The van der Waals surface area contributed by atoms with Crippen molar-refractivity contribution >= 4 is 0 Å². The van der Waals surface area contributed by atoms with Gasteiger partial charge in [-0.15, -0.1) is 0 Å². The van der Waals surface area contributed by atoms with Gasteiger partial charge in [0, 0.05) is 30.4 Å². The van der Waals surface area contributed by atoms with Crippen LogP contribution in [0, 0.1) is 0 Å². The Bertz CT molecular complexity index is 763. The molecule has 0 aliphatic heterocycles. The molecule has 0 atom stereocenters. The molecule has 0 unspecified atom stereocenters. The van der Waals surface area contributed by atoms with E-state index < -0.39 is 0 Å². The lowest BCUT2D eigenvalue weighted by Gasteiger charge is -2.07. The highest BCUT2D eigenvalue weighted by atomic mass is 14.6. The minimum Gasteiger partial charge on any atom is -0.265 e. The highest BCUT2D eigenvalue weighted by Crippen LogP contribution is 2.37. The van der Waals surface area contributed by atoms with Crippen LogP contribution in [0.25, 0.3) is 11.1 Å². The number of benzene rings is 1. The number of pyridine rings is 2. The van der Waals surface area contributed by atoms with Gasteiger partial charge in [-0.25, -0.2) is 0 Å². The Morgan fingerprint density at radius 3 is 2.60 bits per heavy atom. The zero-order chi connectivity index (χ0) is 13.4. The summed E-state index contributed by atoms with van der Waals surface area (Å²) in [5.74, 6) is 0. The van der Waals surface area contributed by atoms with Crippen LogP contribution in [0.4, 0.5) is 0 Å². The van der Waals surface area contributed by atoms with Crippen LogP contribution in [0.2, 0.25) is 0 Å². The molecule has 96 valence electrons. The largest absolute Gasteiger partial charge is 0.265 e. The van der Waals surface area contributed by atoms with Gasteiger partial charge in [-0.3, -0.25) is 9.97 Å². The van der Waals surface area contributed by atoms with Crippen molar-refractivity contribution in [2.24, 2.45) is 0 Å². The van der Waals surface area contributed by atoms with Crippen LogP contribution in [-0.4, -0.2) is 9.97 Å². The lowest BCUT2D eigenvalue weighted by molar-refractivity contribution is 1.08. The van der Waals surface area contributed by atoms with E-state index in [1.165, 1.54) is 33.4 Å². The number of hydrogen-bond donors (Lipinski definition) is 0. The van der Waals surface area contributed by atoms with E-state index in [1.54, 1.807) is 0 Å². The summed E-state index contributed by atoms with van der Waals surface area (Å²) >= 11 is 0. The van der Waals surface area contributed by atoms with Crippen molar-refractivity contribution in [1.82, 2.24) is 9.97 Å². The SMILES string of the molecule is c1ccc2c(c1)Cc1c(Cc3ccncc3)cncc1-2. The molecular weight excluding hydrogens is 244 g/mol. The molecule has 0 saturated heterocycles. The number of nitrogens with zero attached hydrogens (tertiary/aromatic N) is 2. The fourth-order valence-corrected chi connectivity index (χ4v) is 2.97. The van der Waals surface area contributed by atoms with Crippen LogP contribution < -0.4 is 0 Å². The molecular formula is C18H14N2. The van der Waals surface area contributed by atoms with Crippen LogP contribution in [0.3, 0.4) is 0 Å². The fourth-order valence-electron chi connectivity index (χ4n) is 2.97. The van der Waals surface area contributed by atoms with Crippen molar-refractivity contribution in [3.63, 3.8) is 0 Å². The molecule has 2 heterocycles. The maximum absolute atomic E-state index is 4.44. The summed E-state index contributed by atoms with van der Waals surface area (Å²) in [6, 6.07) is 12.8. The molecule has 1 aliphatic rings. The van der Waals surface area contributed by atoms with Gasteiger partial charge >= 0.3 is 0 Å². The number of hydrogen-bond acceptors (Lipinski definition) is 2. The topological polar surface area (TPSA) is 25.8 Å². The summed E-state index contributed by atoms with van der Waals surface area (Å²) in [5.41, 5.74) is 8.08. The zero-order valence-electron chi connectivity index (χ0n) is 11.1. The second kappa shape index (κ2) is 4.57. The van der Waals surface area contributed by atoms with Gasteiger partial charge in [0.1, 0.15) is 0 Å². The summed E-state index contributed by atoms with van der Waals surface area (Å²) < 4.78 is 0. The maximum Gasteiger partial charge on any atom is 0.0349 e. The molecule has 0 bridgehead atoms. The highest BCUT2D eigenvalue weighted by Gasteiger charge is 2.20. The third-order valence-electron chi connectivity index (χ3n) is 3.97. The summed E-state index contributed by atoms with van der Waals surface area (Å²) in [6.45, 7) is 0. The van der Waals surface area contributed by atoms with E-state index >= 15 is 0 Å². The van der Waals surface area contributed by atoms with Crippen LogP contribution in [-0.2, 0) is 12.8 Å². The Morgan fingerprint density at radius 1 is 0.850 bits per heavy atom. The van der Waals surface area contributed by atoms with Gasteiger partial charge in [-0.1, -0.05) is 24.3 Å². The lowest BCUT2D eigenvalue weighted by atomic mass is 9.99. The van der Waals surface area contributed by atoms with E-state index in [1.807, 2.05) is 24.8 Å². The lowest BCUT2D eigenvalue weighted by Crippen LogP contribution is -1.96. The Morgan fingerprint density at radius 2 is 1.70 bits per heavy atom. The van der Waals surface area contributed by atoms with Gasteiger partial charge in [0.25, 0.3) is 0 Å². The van der Waals surface area contributed by atoms with E-state index in [-0.39, 0.29) is 0 Å². The first-order chi connectivity index (χ1) is 9.92. The van der Waals surface area contributed by atoms with Crippen LogP contribution >= 0.6 is 0 Å². The van der Waals surface area contributed by atoms with Crippen molar-refractivity contribution in [3.8, 4) is 11.1 Å². The maximum atomic E-state index is 4.44. The zero-order valence-corrected chi connectivity index (χ0v) is 11.1. The predicted molar refractivity (Wildman–Crippen MR) is 79.5 cm³/mol. The average Bonchev–Trinajstić information content (AvgIpc) is 2.88. The average molecular weight is 258 g/mol. The molecule has 2 nitrogen and oxygen atoms in total. The summed E-state index contributed by atoms with van der Waals surface area (Å²) in [5, 5.41) is 0. The van der Waals surface area contributed by atoms with Crippen LogP contribution in [0.5, 0.6) is 0 Å². The highest BCUT2D eigenvalue weighted by molar-refractivity contribution is 5.77. The summed E-state index contributed by atoms with van der Waals surface area (Å²) in [6.07, 6.45) is 9.64. The van der Waals surface area contributed by atoms with Gasteiger partial charge in [0.15, 0.2) is 0 Å². The molecule has 0 amide bonds. The van der Waals surface area contributed by atoms with Crippen molar-refractivity contribution < 1.29 is 0 Å². The predicted octanol–water partition coefficient (Wildman–Crippen LogP) is 3.64. The minimum absolute atomic E-state index is 0.923. The van der Waals surface area contributed by atoms with Gasteiger partial charge in [0.2, 0.25) is 0 Å². The molecule has 4 rings (SSSR count). The summed E-state index contributed by atoms with van der Waals surface area (Å²) in [4.78, 5) is 8.51. The van der Waals surface area contributed by atoms with Gasteiger partial charge in [0.05, 0.1) is 0 Å². The molecule has 0 fully saturated rings. The van der Waals surface area contributed by atoms with Crippen LogP contribution in [0.1, 0.15) is 22.3 Å². The minimum atomic E-state index is 0.923. The third-order valence-corrected chi connectivity index (χ3v) is 3.97. The second-order valence-electron chi connectivity index (χ2n) is 5.19. The Labute approximate surface area is 118 Å². The number of aromatic nitrogens is 2. The Balaban J connectivity index is 1.78. The van der Waals surface area contributed by atoms with E-state index in [0.29, 0.717) is 0 Å². The van der Waals surface area contributed by atoms with E-state index in [9.17, 15) is 0 Å². The standard InChI is InChI=1S/C18H14N2/c1-2-4-16-14(3-1)10-17-15(11-20-12-18(16)17)9-13-5-7-19-8-6-13/h1-8,11-12H,9-10H2. The molecule has 0 N–H and O–H groups in total. The van der Waals surface area contributed by atoms with Crippen molar-refractivity contribution in [2.45, 2.75) is 12.8 Å². The van der Waals surface area contributed by atoms with E-state index in [2.05, 4.69) is 46.4 Å². The molecule has 0 spiro atoms. The fraction of sp³-hybridized carbons (Fsp3) is 0.111. The molecule has 1 aromatic carbocycles. The van der Waals surface area contributed by atoms with Gasteiger partial charge in [-0.05, 0) is 52.8 Å². The van der Waals surface area contributed by atoms with Crippen molar-refractivity contribution in [1.29, 1.82) is 0 Å². The monoisotopic (exact) mass is 258 g/mol. The quantitative estimate of drug-likeness (QED) is 0.548. The summed E-state index contributed by atoms with van der Waals surface area (Å²) in [7, 11) is 0. The molecule has 0 radical (unpaired) electrons. The third kappa shape index (κ3) is 1.81. The van der Waals surface area contributed by atoms with E-state index in [4.69, 9.17) is 0 Å². The smallest absolute Gasteiger partial charge is 0.0349 e. The van der Waals surface area contributed by atoms with Crippen molar-refractivity contribution in [3.05, 3.63) is 83.4 Å². The molecule has 3 aromatic rings.